The number of rotatable bonds is 2. The SMILES string of the molecule is Cc1ccc(-c2nc(CO)c(C)[nH]2)cc1.Cl. The van der Waals surface area contributed by atoms with Gasteiger partial charge < -0.3 is 10.1 Å². The molecule has 0 amide bonds. The van der Waals surface area contributed by atoms with E-state index < -0.39 is 0 Å². The summed E-state index contributed by atoms with van der Waals surface area (Å²) < 4.78 is 0. The number of halogens is 1. The summed E-state index contributed by atoms with van der Waals surface area (Å²) in [5.41, 5.74) is 3.91. The molecule has 86 valence electrons. The number of imidazole rings is 1. The van der Waals surface area contributed by atoms with Crippen LogP contribution in [0, 0.1) is 13.8 Å². The summed E-state index contributed by atoms with van der Waals surface area (Å²) >= 11 is 0. The molecule has 0 atom stereocenters. The van der Waals surface area contributed by atoms with E-state index in [9.17, 15) is 0 Å². The molecular formula is C12H15ClN2O. The summed E-state index contributed by atoms with van der Waals surface area (Å²) in [6.45, 7) is 3.95. The highest BCUT2D eigenvalue weighted by Crippen LogP contribution is 2.18. The first kappa shape index (κ1) is 12.7. The molecule has 0 unspecified atom stereocenters. The first-order valence-electron chi connectivity index (χ1n) is 4.94. The third-order valence-electron chi connectivity index (χ3n) is 2.46. The quantitative estimate of drug-likeness (QED) is 0.845. The van der Waals surface area contributed by atoms with Gasteiger partial charge in [-0.15, -0.1) is 12.4 Å². The molecule has 0 saturated heterocycles. The van der Waals surface area contributed by atoms with Crippen molar-refractivity contribution < 1.29 is 5.11 Å². The minimum atomic E-state index is -0.0196. The largest absolute Gasteiger partial charge is 0.390 e. The summed E-state index contributed by atoms with van der Waals surface area (Å²) in [6.07, 6.45) is 0. The molecule has 0 saturated carbocycles. The van der Waals surface area contributed by atoms with Crippen molar-refractivity contribution in [2.24, 2.45) is 0 Å². The van der Waals surface area contributed by atoms with Crippen LogP contribution in [0.3, 0.4) is 0 Å². The smallest absolute Gasteiger partial charge is 0.137 e. The van der Waals surface area contributed by atoms with E-state index >= 15 is 0 Å². The number of nitrogens with zero attached hydrogens (tertiary/aromatic N) is 1. The zero-order chi connectivity index (χ0) is 10.8. The molecule has 0 aliphatic rings. The average Bonchev–Trinajstić information content (AvgIpc) is 2.61. The van der Waals surface area contributed by atoms with Gasteiger partial charge in [0.05, 0.1) is 12.3 Å². The van der Waals surface area contributed by atoms with Crippen LogP contribution in [-0.2, 0) is 6.61 Å². The minimum absolute atomic E-state index is 0. The predicted molar refractivity (Wildman–Crippen MR) is 66.7 cm³/mol. The van der Waals surface area contributed by atoms with Crippen LogP contribution in [0.25, 0.3) is 11.4 Å². The summed E-state index contributed by atoms with van der Waals surface area (Å²) in [4.78, 5) is 7.48. The van der Waals surface area contributed by atoms with Gasteiger partial charge in [-0.25, -0.2) is 4.98 Å². The Labute approximate surface area is 101 Å². The third kappa shape index (κ3) is 2.43. The molecule has 0 bridgehead atoms. The molecule has 0 aliphatic carbocycles. The Kier molecular flexibility index (Phi) is 4.10. The van der Waals surface area contributed by atoms with Crippen LogP contribution in [0.15, 0.2) is 24.3 Å². The molecular weight excluding hydrogens is 224 g/mol. The number of aryl methyl sites for hydroxylation is 2. The minimum Gasteiger partial charge on any atom is -0.390 e. The van der Waals surface area contributed by atoms with Crippen LogP contribution in [-0.4, -0.2) is 15.1 Å². The Morgan fingerprint density at radius 2 is 1.81 bits per heavy atom. The molecule has 0 fully saturated rings. The van der Waals surface area contributed by atoms with Crippen LogP contribution < -0.4 is 0 Å². The summed E-state index contributed by atoms with van der Waals surface area (Å²) in [5, 5.41) is 9.04. The fourth-order valence-corrected chi connectivity index (χ4v) is 1.50. The summed E-state index contributed by atoms with van der Waals surface area (Å²) in [6, 6.07) is 8.14. The maximum absolute atomic E-state index is 9.04. The van der Waals surface area contributed by atoms with E-state index in [-0.39, 0.29) is 19.0 Å². The van der Waals surface area contributed by atoms with Gasteiger partial charge in [0.15, 0.2) is 0 Å². The van der Waals surface area contributed by atoms with Gasteiger partial charge in [-0.3, -0.25) is 0 Å². The summed E-state index contributed by atoms with van der Waals surface area (Å²) in [7, 11) is 0. The van der Waals surface area contributed by atoms with Gasteiger partial charge in [0, 0.05) is 11.3 Å². The number of benzene rings is 1. The van der Waals surface area contributed by atoms with Crippen LogP contribution in [0.5, 0.6) is 0 Å². The lowest BCUT2D eigenvalue weighted by atomic mass is 10.1. The number of aromatic amines is 1. The van der Waals surface area contributed by atoms with Gasteiger partial charge in [-0.2, -0.15) is 0 Å². The zero-order valence-corrected chi connectivity index (χ0v) is 10.1. The first-order chi connectivity index (χ1) is 7.20. The van der Waals surface area contributed by atoms with Crippen LogP contribution in [0.1, 0.15) is 17.0 Å². The molecule has 4 heteroatoms. The van der Waals surface area contributed by atoms with Crippen molar-refractivity contribution in [1.82, 2.24) is 9.97 Å². The van der Waals surface area contributed by atoms with Crippen molar-refractivity contribution in [1.29, 1.82) is 0 Å². The molecule has 2 aromatic rings. The van der Waals surface area contributed by atoms with Crippen molar-refractivity contribution in [3.63, 3.8) is 0 Å². The topological polar surface area (TPSA) is 48.9 Å². The Hall–Kier alpha value is -1.32. The van der Waals surface area contributed by atoms with Gasteiger partial charge in [-0.1, -0.05) is 29.8 Å². The van der Waals surface area contributed by atoms with Gasteiger partial charge in [0.1, 0.15) is 5.82 Å². The van der Waals surface area contributed by atoms with E-state index in [1.54, 1.807) is 0 Å². The Morgan fingerprint density at radius 1 is 1.19 bits per heavy atom. The maximum Gasteiger partial charge on any atom is 0.137 e. The Morgan fingerprint density at radius 3 is 2.31 bits per heavy atom. The van der Waals surface area contributed by atoms with Gasteiger partial charge in [0.25, 0.3) is 0 Å². The van der Waals surface area contributed by atoms with Crippen LogP contribution >= 0.6 is 12.4 Å². The Balaban J connectivity index is 0.00000128. The van der Waals surface area contributed by atoms with E-state index in [4.69, 9.17) is 5.11 Å². The fourth-order valence-electron chi connectivity index (χ4n) is 1.50. The van der Waals surface area contributed by atoms with E-state index in [1.165, 1.54) is 5.56 Å². The maximum atomic E-state index is 9.04. The number of hydrogen-bond acceptors (Lipinski definition) is 2. The number of aliphatic hydroxyl groups is 1. The monoisotopic (exact) mass is 238 g/mol. The predicted octanol–water partition coefficient (Wildman–Crippen LogP) is 2.61. The van der Waals surface area contributed by atoms with E-state index in [0.29, 0.717) is 5.69 Å². The summed E-state index contributed by atoms with van der Waals surface area (Å²) in [5.74, 6) is 0.816. The zero-order valence-electron chi connectivity index (χ0n) is 9.32. The second kappa shape index (κ2) is 5.14. The molecule has 1 aromatic heterocycles. The highest BCUT2D eigenvalue weighted by molar-refractivity contribution is 5.85. The molecule has 1 heterocycles. The van der Waals surface area contributed by atoms with Crippen molar-refractivity contribution in [3.05, 3.63) is 41.2 Å². The average molecular weight is 239 g/mol. The molecule has 16 heavy (non-hydrogen) atoms. The number of nitrogens with one attached hydrogen (secondary N) is 1. The molecule has 1 aromatic carbocycles. The molecule has 0 aliphatic heterocycles. The lowest BCUT2D eigenvalue weighted by molar-refractivity contribution is 0.276. The lowest BCUT2D eigenvalue weighted by Crippen LogP contribution is -1.85. The fraction of sp³-hybridized carbons (Fsp3) is 0.250. The first-order valence-corrected chi connectivity index (χ1v) is 4.94. The highest BCUT2D eigenvalue weighted by atomic mass is 35.5. The third-order valence-corrected chi connectivity index (χ3v) is 2.46. The number of aliphatic hydroxyl groups excluding tert-OH is 1. The molecule has 2 rings (SSSR count). The van der Waals surface area contributed by atoms with Crippen molar-refractivity contribution >= 4 is 12.4 Å². The number of aromatic nitrogens is 2. The second-order valence-corrected chi connectivity index (χ2v) is 3.68. The van der Waals surface area contributed by atoms with Crippen LogP contribution in [0.2, 0.25) is 0 Å². The van der Waals surface area contributed by atoms with Crippen molar-refractivity contribution in [2.75, 3.05) is 0 Å². The molecule has 0 radical (unpaired) electrons. The molecule has 0 spiro atoms. The van der Waals surface area contributed by atoms with E-state index in [1.807, 2.05) is 31.2 Å². The number of hydrogen-bond donors (Lipinski definition) is 2. The lowest BCUT2D eigenvalue weighted by Gasteiger charge is -1.96. The van der Waals surface area contributed by atoms with Gasteiger partial charge in [0.2, 0.25) is 0 Å². The number of H-pyrrole nitrogens is 1. The second-order valence-electron chi connectivity index (χ2n) is 3.68. The van der Waals surface area contributed by atoms with Gasteiger partial charge in [-0.05, 0) is 13.8 Å². The van der Waals surface area contributed by atoms with Gasteiger partial charge >= 0.3 is 0 Å². The molecule has 3 nitrogen and oxygen atoms in total. The standard InChI is InChI=1S/C12H14N2O.ClH/c1-8-3-5-10(6-4-8)12-13-9(2)11(7-15)14-12;/h3-6,15H,7H2,1-2H3,(H,13,14);1H. The van der Waals surface area contributed by atoms with E-state index in [2.05, 4.69) is 16.9 Å². The van der Waals surface area contributed by atoms with Crippen molar-refractivity contribution in [3.8, 4) is 11.4 Å². The highest BCUT2D eigenvalue weighted by Gasteiger charge is 2.06. The van der Waals surface area contributed by atoms with Crippen LogP contribution in [0.4, 0.5) is 0 Å². The van der Waals surface area contributed by atoms with Crippen molar-refractivity contribution in [2.45, 2.75) is 20.5 Å². The normalized spacial score (nSPS) is 9.94. The molecule has 2 N–H and O–H groups in total. The van der Waals surface area contributed by atoms with E-state index in [0.717, 1.165) is 17.1 Å². The Bertz CT molecular complexity index is 462.